The van der Waals surface area contributed by atoms with E-state index < -0.39 is 5.97 Å². The number of amides is 1. The van der Waals surface area contributed by atoms with Crippen LogP contribution in [0.1, 0.15) is 50.5 Å². The van der Waals surface area contributed by atoms with Crippen molar-refractivity contribution in [1.29, 1.82) is 0 Å². The van der Waals surface area contributed by atoms with Crippen LogP contribution >= 0.6 is 0 Å². The highest BCUT2D eigenvalue weighted by molar-refractivity contribution is 5.77. The largest absolute Gasteiger partial charge is 0.496 e. The molecule has 0 saturated heterocycles. The normalized spacial score (nSPS) is 22.8. The summed E-state index contributed by atoms with van der Waals surface area (Å²) in [4.78, 5) is 25.6. The molecule has 6 heteroatoms. The molecule has 1 aromatic rings. The zero-order valence-corrected chi connectivity index (χ0v) is 16.2. The lowest BCUT2D eigenvalue weighted by molar-refractivity contribution is -0.140. The minimum atomic E-state index is -0.770. The van der Waals surface area contributed by atoms with Crippen molar-refractivity contribution in [3.63, 3.8) is 0 Å². The molecule has 0 radical (unpaired) electrons. The van der Waals surface area contributed by atoms with Crippen molar-refractivity contribution in [3.05, 3.63) is 29.8 Å². The lowest BCUT2D eigenvalue weighted by atomic mass is 9.84. The zero-order chi connectivity index (χ0) is 19.4. The summed E-state index contributed by atoms with van der Waals surface area (Å²) in [6.07, 6.45) is 4.53. The van der Waals surface area contributed by atoms with E-state index in [9.17, 15) is 9.59 Å². The third-order valence-corrected chi connectivity index (χ3v) is 5.68. The topological polar surface area (TPSA) is 78.9 Å². The molecular formula is C21H30N2O4. The van der Waals surface area contributed by atoms with E-state index in [2.05, 4.69) is 10.2 Å². The van der Waals surface area contributed by atoms with Crippen molar-refractivity contribution in [2.45, 2.75) is 57.0 Å². The molecule has 2 N–H and O–H groups in total. The number of aliphatic carboxylic acids is 1. The van der Waals surface area contributed by atoms with Gasteiger partial charge in [0.25, 0.3) is 0 Å². The van der Waals surface area contributed by atoms with E-state index in [4.69, 9.17) is 9.84 Å². The van der Waals surface area contributed by atoms with Crippen LogP contribution in [-0.2, 0) is 9.59 Å². The van der Waals surface area contributed by atoms with Gasteiger partial charge in [0, 0.05) is 25.0 Å². The minimum absolute atomic E-state index is 0.0452. The molecule has 1 atom stereocenters. The molecule has 2 saturated carbocycles. The van der Waals surface area contributed by atoms with Crippen molar-refractivity contribution in [2.75, 3.05) is 20.2 Å². The first kappa shape index (κ1) is 19.7. The van der Waals surface area contributed by atoms with Crippen LogP contribution in [0.4, 0.5) is 0 Å². The quantitative estimate of drug-likeness (QED) is 0.658. The standard InChI is InChI=1S/C21H30N2O4/c1-14(18-5-3-4-6-19(18)27-2)9-20(24)22-16-10-17(11-16)23(13-21(25)26)12-15-7-8-15/h3-6,14-17H,7-13H2,1-2H3,(H,22,24)(H,25,26). The van der Waals surface area contributed by atoms with Crippen molar-refractivity contribution >= 4 is 11.9 Å². The molecule has 1 aromatic carbocycles. The predicted octanol–water partition coefficient (Wildman–Crippen LogP) is 2.63. The fourth-order valence-electron chi connectivity index (χ4n) is 3.90. The van der Waals surface area contributed by atoms with Crippen molar-refractivity contribution in [1.82, 2.24) is 10.2 Å². The molecule has 3 rings (SSSR count). The van der Waals surface area contributed by atoms with E-state index >= 15 is 0 Å². The first-order valence-electron chi connectivity index (χ1n) is 9.84. The average molecular weight is 374 g/mol. The number of benzene rings is 1. The number of hydrogen-bond donors (Lipinski definition) is 2. The Bertz CT molecular complexity index is 668. The van der Waals surface area contributed by atoms with E-state index in [0.29, 0.717) is 12.3 Å². The van der Waals surface area contributed by atoms with Crippen LogP contribution in [0.25, 0.3) is 0 Å². The van der Waals surface area contributed by atoms with Gasteiger partial charge >= 0.3 is 5.97 Å². The minimum Gasteiger partial charge on any atom is -0.496 e. The lowest BCUT2D eigenvalue weighted by Gasteiger charge is -2.42. The summed E-state index contributed by atoms with van der Waals surface area (Å²) in [6.45, 7) is 3.01. The van der Waals surface area contributed by atoms with Gasteiger partial charge in [-0.25, -0.2) is 0 Å². The summed E-state index contributed by atoms with van der Waals surface area (Å²) in [5.41, 5.74) is 1.04. The fourth-order valence-corrected chi connectivity index (χ4v) is 3.90. The molecule has 2 fully saturated rings. The van der Waals surface area contributed by atoms with Gasteiger partial charge in [-0.1, -0.05) is 25.1 Å². The first-order chi connectivity index (χ1) is 13.0. The number of nitrogens with zero attached hydrogens (tertiary/aromatic N) is 1. The Morgan fingerprint density at radius 2 is 2.00 bits per heavy atom. The predicted molar refractivity (Wildman–Crippen MR) is 103 cm³/mol. The van der Waals surface area contributed by atoms with Crippen LogP contribution in [0.5, 0.6) is 5.75 Å². The van der Waals surface area contributed by atoms with Crippen LogP contribution in [0, 0.1) is 5.92 Å². The Hall–Kier alpha value is -2.08. The number of carboxylic acid groups (broad SMARTS) is 1. The van der Waals surface area contributed by atoms with Crippen LogP contribution in [-0.4, -0.2) is 54.2 Å². The zero-order valence-electron chi connectivity index (χ0n) is 16.2. The summed E-state index contributed by atoms with van der Waals surface area (Å²) in [7, 11) is 1.64. The van der Waals surface area contributed by atoms with Crippen molar-refractivity contribution in [3.8, 4) is 5.75 Å². The van der Waals surface area contributed by atoms with Gasteiger partial charge in [-0.05, 0) is 49.1 Å². The molecule has 0 heterocycles. The van der Waals surface area contributed by atoms with Gasteiger partial charge in [-0.15, -0.1) is 0 Å². The Morgan fingerprint density at radius 1 is 1.30 bits per heavy atom. The Balaban J connectivity index is 1.44. The average Bonchev–Trinajstić information content (AvgIpc) is 3.40. The monoisotopic (exact) mass is 374 g/mol. The SMILES string of the molecule is COc1ccccc1C(C)CC(=O)NC1CC(N(CC(=O)O)CC2CC2)C1. The second-order valence-corrected chi connectivity index (χ2v) is 8.00. The fraction of sp³-hybridized carbons (Fsp3) is 0.619. The van der Waals surface area contributed by atoms with Gasteiger partial charge in [0.1, 0.15) is 5.75 Å². The molecule has 0 aliphatic heterocycles. The molecular weight excluding hydrogens is 344 g/mol. The Kier molecular flexibility index (Phi) is 6.37. The lowest BCUT2D eigenvalue weighted by Crippen LogP contribution is -2.55. The van der Waals surface area contributed by atoms with E-state index in [1.807, 2.05) is 31.2 Å². The van der Waals surface area contributed by atoms with Crippen LogP contribution in [0.2, 0.25) is 0 Å². The number of hydrogen-bond acceptors (Lipinski definition) is 4. The number of para-hydroxylation sites is 1. The van der Waals surface area contributed by atoms with Gasteiger partial charge in [-0.2, -0.15) is 0 Å². The number of rotatable bonds is 10. The van der Waals surface area contributed by atoms with Crippen LogP contribution in [0.15, 0.2) is 24.3 Å². The van der Waals surface area contributed by atoms with E-state index in [1.165, 1.54) is 12.8 Å². The molecule has 1 unspecified atom stereocenters. The third kappa shape index (κ3) is 5.45. The second-order valence-electron chi connectivity index (χ2n) is 8.00. The number of carboxylic acids is 1. The highest BCUT2D eigenvalue weighted by atomic mass is 16.5. The first-order valence-corrected chi connectivity index (χ1v) is 9.84. The third-order valence-electron chi connectivity index (χ3n) is 5.68. The van der Waals surface area contributed by atoms with Gasteiger partial charge in [-0.3, -0.25) is 14.5 Å². The highest BCUT2D eigenvalue weighted by Crippen LogP contribution is 2.34. The van der Waals surface area contributed by atoms with Gasteiger partial charge in [0.15, 0.2) is 0 Å². The molecule has 148 valence electrons. The smallest absolute Gasteiger partial charge is 0.317 e. The molecule has 6 nitrogen and oxygen atoms in total. The molecule has 0 spiro atoms. The maximum Gasteiger partial charge on any atom is 0.317 e. The molecule has 27 heavy (non-hydrogen) atoms. The van der Waals surface area contributed by atoms with Crippen LogP contribution < -0.4 is 10.1 Å². The summed E-state index contributed by atoms with van der Waals surface area (Å²) >= 11 is 0. The van der Waals surface area contributed by atoms with Gasteiger partial charge in [0.05, 0.1) is 13.7 Å². The maximum absolute atomic E-state index is 12.4. The number of ether oxygens (including phenoxy) is 1. The van der Waals surface area contributed by atoms with Gasteiger partial charge in [0.2, 0.25) is 5.91 Å². The van der Waals surface area contributed by atoms with E-state index in [1.54, 1.807) is 7.11 Å². The molecule has 1 amide bonds. The molecule has 2 aliphatic rings. The number of nitrogens with one attached hydrogen (secondary N) is 1. The Morgan fingerprint density at radius 3 is 2.63 bits per heavy atom. The van der Waals surface area contributed by atoms with E-state index in [-0.39, 0.29) is 30.5 Å². The summed E-state index contributed by atoms with van der Waals surface area (Å²) in [5.74, 6) is 0.832. The van der Waals surface area contributed by atoms with Crippen molar-refractivity contribution < 1.29 is 19.4 Å². The van der Waals surface area contributed by atoms with Gasteiger partial charge < -0.3 is 15.2 Å². The summed E-state index contributed by atoms with van der Waals surface area (Å²) in [6, 6.07) is 8.23. The second kappa shape index (κ2) is 8.74. The Labute approximate surface area is 160 Å². The van der Waals surface area contributed by atoms with E-state index in [0.717, 1.165) is 30.7 Å². The number of methoxy groups -OCH3 is 1. The molecule has 0 bridgehead atoms. The number of carbonyl (C=O) groups excluding carboxylic acids is 1. The summed E-state index contributed by atoms with van der Waals surface area (Å²) in [5, 5.41) is 12.2. The number of carbonyl (C=O) groups is 2. The molecule has 2 aliphatic carbocycles. The van der Waals surface area contributed by atoms with Crippen molar-refractivity contribution in [2.24, 2.45) is 5.92 Å². The maximum atomic E-state index is 12.4. The van der Waals surface area contributed by atoms with Crippen LogP contribution in [0.3, 0.4) is 0 Å². The molecule has 0 aromatic heterocycles. The summed E-state index contributed by atoms with van der Waals surface area (Å²) < 4.78 is 5.39. The highest BCUT2D eigenvalue weighted by Gasteiger charge is 2.37.